The number of nitrogens with zero attached hydrogens (tertiary/aromatic N) is 4. The third kappa shape index (κ3) is 5.65. The van der Waals surface area contributed by atoms with Gasteiger partial charge in [0.05, 0.1) is 24.6 Å². The number of imidazole rings is 1. The number of methoxy groups -OCH3 is 1. The molecule has 198 valence electrons. The van der Waals surface area contributed by atoms with Gasteiger partial charge in [-0.2, -0.15) is 13.2 Å². The van der Waals surface area contributed by atoms with E-state index in [1.54, 1.807) is 12.3 Å². The maximum atomic E-state index is 12.9. The lowest BCUT2D eigenvalue weighted by molar-refractivity contribution is -0.141. The Morgan fingerprint density at radius 2 is 1.95 bits per heavy atom. The van der Waals surface area contributed by atoms with Gasteiger partial charge in [-0.1, -0.05) is 11.2 Å². The first-order chi connectivity index (χ1) is 17.7. The summed E-state index contributed by atoms with van der Waals surface area (Å²) in [6, 6.07) is 7.16. The van der Waals surface area contributed by atoms with Crippen molar-refractivity contribution in [1.29, 1.82) is 0 Å². The second-order valence-corrected chi connectivity index (χ2v) is 10.8. The summed E-state index contributed by atoms with van der Waals surface area (Å²) in [5.41, 5.74) is 3.00. The van der Waals surface area contributed by atoms with Crippen molar-refractivity contribution in [2.24, 2.45) is 0 Å². The van der Waals surface area contributed by atoms with Crippen LogP contribution in [-0.4, -0.2) is 93.8 Å². The fourth-order valence-corrected chi connectivity index (χ4v) is 5.89. The van der Waals surface area contributed by atoms with E-state index in [-0.39, 0.29) is 17.9 Å². The molecule has 2 aromatic heterocycles. The molecule has 5 rings (SSSR count). The molecule has 0 atom stereocenters. The van der Waals surface area contributed by atoms with Gasteiger partial charge >= 0.3 is 6.18 Å². The van der Waals surface area contributed by atoms with Gasteiger partial charge < -0.3 is 18.9 Å². The van der Waals surface area contributed by atoms with Gasteiger partial charge in [0.15, 0.2) is 0 Å². The highest BCUT2D eigenvalue weighted by atomic mass is 32.2. The molecule has 2 aliphatic heterocycles. The van der Waals surface area contributed by atoms with E-state index in [1.165, 1.54) is 7.11 Å². The zero-order chi connectivity index (χ0) is 26.2. The van der Waals surface area contributed by atoms with Crippen LogP contribution in [-0.2, 0) is 17.6 Å². The Hall–Kier alpha value is -2.96. The molecule has 12 heteroatoms. The Labute approximate surface area is 215 Å². The molecule has 1 amide bonds. The predicted molar refractivity (Wildman–Crippen MR) is 133 cm³/mol. The van der Waals surface area contributed by atoms with Crippen LogP contribution in [0.5, 0.6) is 11.5 Å². The fourth-order valence-electron chi connectivity index (χ4n) is 4.76. The molecule has 2 aliphatic rings. The summed E-state index contributed by atoms with van der Waals surface area (Å²) >= 11 is -0.703. The Balaban J connectivity index is 1.33. The van der Waals surface area contributed by atoms with E-state index in [1.807, 2.05) is 28.8 Å². The van der Waals surface area contributed by atoms with E-state index < -0.39 is 29.8 Å². The van der Waals surface area contributed by atoms with Gasteiger partial charge in [-0.05, 0) is 30.2 Å². The minimum atomic E-state index is -4.46. The van der Waals surface area contributed by atoms with Crippen molar-refractivity contribution in [3.63, 3.8) is 0 Å². The van der Waals surface area contributed by atoms with Gasteiger partial charge in [0.2, 0.25) is 0 Å². The van der Waals surface area contributed by atoms with Crippen LogP contribution in [0.2, 0.25) is 0 Å². The van der Waals surface area contributed by atoms with Crippen molar-refractivity contribution in [2.75, 3.05) is 57.9 Å². The number of fused-ring (bicyclic) bond motifs is 2. The SMILES string of the molecule is COc1cc(-c2cnc3cc(OCCN4CC[S+]([O-])CC4)ccn23)cc2c1C(=O)N(CC(F)(F)F)CC2. The molecule has 0 bridgehead atoms. The Bertz CT molecular complexity index is 1270. The van der Waals surface area contributed by atoms with Crippen molar-refractivity contribution >= 4 is 22.7 Å². The topological polar surface area (TPSA) is 82.4 Å². The molecule has 0 radical (unpaired) electrons. The molecule has 4 heterocycles. The average molecular weight is 537 g/mol. The number of amides is 1. The van der Waals surface area contributed by atoms with Crippen molar-refractivity contribution in [3.8, 4) is 22.8 Å². The zero-order valence-corrected chi connectivity index (χ0v) is 21.1. The summed E-state index contributed by atoms with van der Waals surface area (Å²) in [5, 5.41) is 0. The Morgan fingerprint density at radius 1 is 1.16 bits per heavy atom. The third-order valence-electron chi connectivity index (χ3n) is 6.65. The second kappa shape index (κ2) is 10.4. The number of alkyl halides is 3. The van der Waals surface area contributed by atoms with E-state index >= 15 is 0 Å². The van der Waals surface area contributed by atoms with E-state index in [0.29, 0.717) is 41.5 Å². The monoisotopic (exact) mass is 536 g/mol. The van der Waals surface area contributed by atoms with E-state index in [2.05, 4.69) is 9.88 Å². The molecule has 1 fully saturated rings. The number of carbonyl (C=O) groups is 1. The maximum Gasteiger partial charge on any atom is 0.406 e. The van der Waals surface area contributed by atoms with Crippen molar-refractivity contribution in [2.45, 2.75) is 12.6 Å². The van der Waals surface area contributed by atoms with Crippen LogP contribution in [0.3, 0.4) is 0 Å². The number of hydrogen-bond acceptors (Lipinski definition) is 6. The van der Waals surface area contributed by atoms with Gasteiger partial charge in [0, 0.05) is 44.0 Å². The lowest BCUT2D eigenvalue weighted by atomic mass is 9.94. The van der Waals surface area contributed by atoms with Gasteiger partial charge in [-0.3, -0.25) is 14.1 Å². The molecular formula is C25H27F3N4O4S. The third-order valence-corrected chi connectivity index (χ3v) is 7.93. The van der Waals surface area contributed by atoms with Crippen LogP contribution in [0.15, 0.2) is 36.7 Å². The quantitative estimate of drug-likeness (QED) is 0.432. The molecule has 3 aromatic rings. The highest BCUT2D eigenvalue weighted by molar-refractivity contribution is 7.91. The van der Waals surface area contributed by atoms with Crippen LogP contribution in [0.4, 0.5) is 13.2 Å². The Morgan fingerprint density at radius 3 is 2.68 bits per heavy atom. The molecule has 0 N–H and O–H groups in total. The standard InChI is InChI=1S/C25H27F3N4O4S/c1-35-21-13-18(12-17-2-4-31(16-25(26,27)28)24(33)23(17)21)20-15-29-22-14-19(3-5-32(20)22)36-9-6-30-7-10-37(34)11-8-30/h3,5,12-15H,2,4,6-11,16H2,1H3. The molecule has 37 heavy (non-hydrogen) atoms. The number of rotatable bonds is 7. The van der Waals surface area contributed by atoms with Crippen LogP contribution < -0.4 is 9.47 Å². The number of aromatic nitrogens is 2. The van der Waals surface area contributed by atoms with Crippen LogP contribution >= 0.6 is 0 Å². The molecule has 0 unspecified atom stereocenters. The van der Waals surface area contributed by atoms with E-state index in [9.17, 15) is 22.5 Å². The molecule has 1 aromatic carbocycles. The van der Waals surface area contributed by atoms with Crippen LogP contribution in [0.1, 0.15) is 15.9 Å². The van der Waals surface area contributed by atoms with Gasteiger partial charge in [-0.25, -0.2) is 4.98 Å². The number of pyridine rings is 1. The fraction of sp³-hybridized carbons (Fsp3) is 0.440. The van der Waals surface area contributed by atoms with E-state index in [0.717, 1.165) is 35.8 Å². The first-order valence-electron chi connectivity index (χ1n) is 12.0. The minimum Gasteiger partial charge on any atom is -0.616 e. The summed E-state index contributed by atoms with van der Waals surface area (Å²) in [4.78, 5) is 20.4. The Kier molecular flexibility index (Phi) is 7.24. The lowest BCUT2D eigenvalue weighted by Crippen LogP contribution is -2.43. The summed E-state index contributed by atoms with van der Waals surface area (Å²) < 4.78 is 63.5. The first kappa shape index (κ1) is 25.7. The highest BCUT2D eigenvalue weighted by Crippen LogP contribution is 2.35. The number of benzene rings is 1. The molecule has 0 spiro atoms. The molecule has 8 nitrogen and oxygen atoms in total. The van der Waals surface area contributed by atoms with Crippen molar-refractivity contribution in [3.05, 3.63) is 47.8 Å². The first-order valence-corrected chi connectivity index (χ1v) is 13.5. The molecule has 0 saturated carbocycles. The minimum absolute atomic E-state index is 0.0128. The largest absolute Gasteiger partial charge is 0.616 e. The van der Waals surface area contributed by atoms with Crippen molar-refractivity contribution in [1.82, 2.24) is 19.2 Å². The number of carbonyl (C=O) groups excluding carboxylic acids is 1. The number of halogens is 3. The summed E-state index contributed by atoms with van der Waals surface area (Å²) in [6.45, 7) is 1.60. The highest BCUT2D eigenvalue weighted by Gasteiger charge is 2.37. The van der Waals surface area contributed by atoms with Crippen LogP contribution in [0, 0.1) is 0 Å². The molecule has 1 saturated heterocycles. The van der Waals surface area contributed by atoms with Crippen molar-refractivity contribution < 1.29 is 32.0 Å². The molecule has 0 aliphatic carbocycles. The van der Waals surface area contributed by atoms with Gasteiger partial charge in [0.25, 0.3) is 5.91 Å². The number of ether oxygens (including phenoxy) is 2. The maximum absolute atomic E-state index is 12.9. The summed E-state index contributed by atoms with van der Waals surface area (Å²) in [6.07, 6.45) is -0.620. The van der Waals surface area contributed by atoms with Gasteiger partial charge in [-0.15, -0.1) is 0 Å². The predicted octanol–water partition coefficient (Wildman–Crippen LogP) is 3.01. The smallest absolute Gasteiger partial charge is 0.406 e. The molecular weight excluding hydrogens is 509 g/mol. The van der Waals surface area contributed by atoms with E-state index in [4.69, 9.17) is 9.47 Å². The summed E-state index contributed by atoms with van der Waals surface area (Å²) in [7, 11) is 1.40. The average Bonchev–Trinajstić information content (AvgIpc) is 3.29. The van der Waals surface area contributed by atoms with Gasteiger partial charge in [0.1, 0.15) is 41.8 Å². The zero-order valence-electron chi connectivity index (χ0n) is 20.3. The summed E-state index contributed by atoms with van der Waals surface area (Å²) in [5.74, 6) is 1.65. The second-order valence-electron chi connectivity index (χ2n) is 9.08. The van der Waals surface area contributed by atoms with Crippen LogP contribution in [0.25, 0.3) is 16.9 Å². The normalized spacial score (nSPS) is 17.3. The lowest BCUT2D eigenvalue weighted by Gasteiger charge is -2.30. The number of hydrogen-bond donors (Lipinski definition) is 0.